The first kappa shape index (κ1) is 7.07. The highest BCUT2D eigenvalue weighted by atomic mass is 14.6. The minimum Gasteiger partial charge on any atom is -0.328 e. The van der Waals surface area contributed by atoms with Gasteiger partial charge in [-0.05, 0) is 25.2 Å². The smallest absolute Gasteiger partial charge is 0.00389 e. The average molecular weight is 127 g/mol. The Morgan fingerprint density at radius 2 is 1.89 bits per heavy atom. The molecule has 1 heteroatoms. The molecule has 0 aromatic carbocycles. The molecule has 0 amide bonds. The molecule has 1 nitrogen and oxygen atoms in total. The lowest BCUT2D eigenvalue weighted by atomic mass is 10.0. The van der Waals surface area contributed by atoms with Crippen molar-refractivity contribution in [1.29, 1.82) is 0 Å². The first-order chi connectivity index (χ1) is 4.29. The quantitative estimate of drug-likeness (QED) is 0.494. The highest BCUT2D eigenvalue weighted by Gasteiger charge is 2.11. The molecule has 1 saturated carbocycles. The van der Waals surface area contributed by atoms with Crippen LogP contribution < -0.4 is 5.73 Å². The van der Waals surface area contributed by atoms with Gasteiger partial charge in [0.25, 0.3) is 0 Å². The van der Waals surface area contributed by atoms with E-state index >= 15 is 0 Å². The van der Waals surface area contributed by atoms with E-state index in [2.05, 4.69) is 6.92 Å². The standard InChI is InChI=1S/C8H17N/c1-7-3-2-4-8(9)6-5-7/h7-8H,2-6,9H2,1H3. The van der Waals surface area contributed by atoms with Crippen LogP contribution in [-0.4, -0.2) is 6.04 Å². The highest BCUT2D eigenvalue weighted by Crippen LogP contribution is 2.20. The van der Waals surface area contributed by atoms with Crippen molar-refractivity contribution < 1.29 is 0 Å². The van der Waals surface area contributed by atoms with Crippen LogP contribution in [0.1, 0.15) is 39.0 Å². The third-order valence-electron chi connectivity index (χ3n) is 2.30. The Hall–Kier alpha value is -0.0400. The molecule has 0 aliphatic heterocycles. The maximum Gasteiger partial charge on any atom is 0.00389 e. The van der Waals surface area contributed by atoms with E-state index in [1.807, 2.05) is 0 Å². The van der Waals surface area contributed by atoms with E-state index in [-0.39, 0.29) is 0 Å². The van der Waals surface area contributed by atoms with Crippen LogP contribution >= 0.6 is 0 Å². The van der Waals surface area contributed by atoms with Crippen LogP contribution in [0.15, 0.2) is 0 Å². The second-order valence-electron chi connectivity index (χ2n) is 3.37. The summed E-state index contributed by atoms with van der Waals surface area (Å²) in [6, 6.07) is 0.509. The number of hydrogen-bond acceptors (Lipinski definition) is 1. The zero-order chi connectivity index (χ0) is 6.69. The molecule has 0 bridgehead atoms. The molecular weight excluding hydrogens is 110 g/mol. The van der Waals surface area contributed by atoms with Crippen LogP contribution in [0.2, 0.25) is 0 Å². The first-order valence-corrected chi connectivity index (χ1v) is 4.04. The minimum atomic E-state index is 0.509. The van der Waals surface area contributed by atoms with Gasteiger partial charge in [-0.15, -0.1) is 0 Å². The van der Waals surface area contributed by atoms with Crippen LogP contribution in [0.25, 0.3) is 0 Å². The van der Waals surface area contributed by atoms with Gasteiger partial charge < -0.3 is 5.73 Å². The molecule has 2 N–H and O–H groups in total. The summed E-state index contributed by atoms with van der Waals surface area (Å²) in [6.45, 7) is 2.33. The van der Waals surface area contributed by atoms with Gasteiger partial charge in [0.2, 0.25) is 0 Å². The normalized spacial score (nSPS) is 38.0. The zero-order valence-corrected chi connectivity index (χ0v) is 6.27. The molecule has 0 aromatic rings. The lowest BCUT2D eigenvalue weighted by molar-refractivity contribution is 0.499. The van der Waals surface area contributed by atoms with Gasteiger partial charge >= 0.3 is 0 Å². The maximum absolute atomic E-state index is 5.80. The molecule has 1 aliphatic rings. The molecule has 0 saturated heterocycles. The highest BCUT2D eigenvalue weighted by molar-refractivity contribution is 4.69. The fourth-order valence-corrected chi connectivity index (χ4v) is 1.52. The fourth-order valence-electron chi connectivity index (χ4n) is 1.52. The van der Waals surface area contributed by atoms with Crippen molar-refractivity contribution in [2.45, 2.75) is 45.1 Å². The van der Waals surface area contributed by atoms with Gasteiger partial charge in [-0.25, -0.2) is 0 Å². The third kappa shape index (κ3) is 2.35. The number of nitrogens with two attached hydrogens (primary N) is 1. The topological polar surface area (TPSA) is 26.0 Å². The van der Waals surface area contributed by atoms with Gasteiger partial charge in [-0.2, -0.15) is 0 Å². The van der Waals surface area contributed by atoms with Crippen LogP contribution in [-0.2, 0) is 0 Å². The largest absolute Gasteiger partial charge is 0.328 e. The summed E-state index contributed by atoms with van der Waals surface area (Å²) in [7, 11) is 0. The molecule has 0 spiro atoms. The Morgan fingerprint density at radius 3 is 2.67 bits per heavy atom. The molecule has 1 fully saturated rings. The van der Waals surface area contributed by atoms with Crippen molar-refractivity contribution in [3.8, 4) is 0 Å². The van der Waals surface area contributed by atoms with Gasteiger partial charge in [-0.1, -0.05) is 19.8 Å². The van der Waals surface area contributed by atoms with Gasteiger partial charge in [0.05, 0.1) is 0 Å². The number of rotatable bonds is 0. The Morgan fingerprint density at radius 1 is 1.11 bits per heavy atom. The van der Waals surface area contributed by atoms with Gasteiger partial charge in [0, 0.05) is 6.04 Å². The minimum absolute atomic E-state index is 0.509. The molecule has 2 unspecified atom stereocenters. The molecule has 0 radical (unpaired) electrons. The summed E-state index contributed by atoms with van der Waals surface area (Å²) in [5.74, 6) is 0.929. The molecule has 9 heavy (non-hydrogen) atoms. The van der Waals surface area contributed by atoms with E-state index in [4.69, 9.17) is 5.73 Å². The van der Waals surface area contributed by atoms with Crippen molar-refractivity contribution >= 4 is 0 Å². The van der Waals surface area contributed by atoms with E-state index in [0.29, 0.717) is 6.04 Å². The summed E-state index contributed by atoms with van der Waals surface area (Å²) in [6.07, 6.45) is 6.60. The Labute approximate surface area is 57.6 Å². The van der Waals surface area contributed by atoms with Crippen LogP contribution in [0.3, 0.4) is 0 Å². The molecule has 0 aromatic heterocycles. The van der Waals surface area contributed by atoms with E-state index in [1.165, 1.54) is 32.1 Å². The van der Waals surface area contributed by atoms with Crippen LogP contribution in [0.5, 0.6) is 0 Å². The Balaban J connectivity index is 2.25. The molecular formula is C8H17N. The molecule has 1 aliphatic carbocycles. The average Bonchev–Trinajstić information content (AvgIpc) is 1.97. The van der Waals surface area contributed by atoms with E-state index in [1.54, 1.807) is 0 Å². The lowest BCUT2D eigenvalue weighted by Gasteiger charge is -2.05. The maximum atomic E-state index is 5.80. The summed E-state index contributed by atoms with van der Waals surface area (Å²) in [5, 5.41) is 0. The molecule has 54 valence electrons. The monoisotopic (exact) mass is 127 g/mol. The molecule has 0 heterocycles. The molecule has 2 atom stereocenters. The zero-order valence-electron chi connectivity index (χ0n) is 6.27. The SMILES string of the molecule is CC1CCCC(N)CC1. The summed E-state index contributed by atoms with van der Waals surface area (Å²) >= 11 is 0. The van der Waals surface area contributed by atoms with E-state index in [9.17, 15) is 0 Å². The summed E-state index contributed by atoms with van der Waals surface area (Å²) in [5.41, 5.74) is 5.80. The lowest BCUT2D eigenvalue weighted by Crippen LogP contribution is -2.17. The van der Waals surface area contributed by atoms with Gasteiger partial charge in [0.15, 0.2) is 0 Å². The number of hydrogen-bond donors (Lipinski definition) is 1. The van der Waals surface area contributed by atoms with E-state index < -0.39 is 0 Å². The summed E-state index contributed by atoms with van der Waals surface area (Å²) in [4.78, 5) is 0. The Kier molecular flexibility index (Phi) is 2.52. The molecule has 1 rings (SSSR count). The third-order valence-corrected chi connectivity index (χ3v) is 2.30. The van der Waals surface area contributed by atoms with Crippen LogP contribution in [0, 0.1) is 5.92 Å². The second kappa shape index (κ2) is 3.21. The van der Waals surface area contributed by atoms with Crippen molar-refractivity contribution in [3.05, 3.63) is 0 Å². The van der Waals surface area contributed by atoms with Crippen molar-refractivity contribution in [2.75, 3.05) is 0 Å². The van der Waals surface area contributed by atoms with Gasteiger partial charge in [0.1, 0.15) is 0 Å². The van der Waals surface area contributed by atoms with E-state index in [0.717, 1.165) is 5.92 Å². The predicted octanol–water partition coefficient (Wildman–Crippen LogP) is 1.91. The van der Waals surface area contributed by atoms with Crippen molar-refractivity contribution in [1.82, 2.24) is 0 Å². The summed E-state index contributed by atoms with van der Waals surface area (Å²) < 4.78 is 0. The fraction of sp³-hybridized carbons (Fsp3) is 1.00. The van der Waals surface area contributed by atoms with Crippen LogP contribution in [0.4, 0.5) is 0 Å². The van der Waals surface area contributed by atoms with Crippen molar-refractivity contribution in [3.63, 3.8) is 0 Å². The van der Waals surface area contributed by atoms with Crippen molar-refractivity contribution in [2.24, 2.45) is 11.7 Å². The Bertz CT molecular complexity index is 70.6. The predicted molar refractivity (Wildman–Crippen MR) is 40.2 cm³/mol. The van der Waals surface area contributed by atoms with Gasteiger partial charge in [-0.3, -0.25) is 0 Å². The second-order valence-corrected chi connectivity index (χ2v) is 3.37. The first-order valence-electron chi connectivity index (χ1n) is 4.04.